The average molecular weight is 485 g/mol. The summed E-state index contributed by atoms with van der Waals surface area (Å²) in [5.41, 5.74) is 10.9. The Labute approximate surface area is 217 Å². The van der Waals surface area contributed by atoms with Crippen molar-refractivity contribution in [1.82, 2.24) is 4.98 Å². The van der Waals surface area contributed by atoms with E-state index in [0.717, 1.165) is 28.5 Å². The molecule has 4 nitrogen and oxygen atoms in total. The van der Waals surface area contributed by atoms with Crippen LogP contribution in [0.15, 0.2) is 108 Å². The first kappa shape index (κ1) is 23.3. The molecule has 0 saturated heterocycles. The van der Waals surface area contributed by atoms with Gasteiger partial charge < -0.3 is 16.0 Å². The predicted molar refractivity (Wildman–Crippen MR) is 156 cm³/mol. The Morgan fingerprint density at radius 1 is 1.00 bits per heavy atom. The highest BCUT2D eigenvalue weighted by Gasteiger charge is 2.24. The highest BCUT2D eigenvalue weighted by molar-refractivity contribution is 5.82. The van der Waals surface area contributed by atoms with Crippen molar-refractivity contribution < 1.29 is 0 Å². The van der Waals surface area contributed by atoms with Crippen molar-refractivity contribution in [2.45, 2.75) is 31.5 Å². The SMILES string of the molecule is CC1(/C=N/C(N)c2cccc(NC3C=c4[nH]c5ccccc5c4=CC3c3ccccc3)c2)C=CC=CC1. The number of nitrogens with zero attached hydrogens (tertiary/aromatic N) is 1. The summed E-state index contributed by atoms with van der Waals surface area (Å²) in [4.78, 5) is 8.32. The van der Waals surface area contributed by atoms with Gasteiger partial charge in [-0.05, 0) is 41.8 Å². The number of rotatable bonds is 6. The van der Waals surface area contributed by atoms with Gasteiger partial charge in [0.15, 0.2) is 0 Å². The Balaban J connectivity index is 1.31. The van der Waals surface area contributed by atoms with Gasteiger partial charge >= 0.3 is 0 Å². The first-order valence-corrected chi connectivity index (χ1v) is 12.9. The summed E-state index contributed by atoms with van der Waals surface area (Å²) in [6.07, 6.45) is 15.7. The second-order valence-corrected chi connectivity index (χ2v) is 10.3. The summed E-state index contributed by atoms with van der Waals surface area (Å²) in [6, 6.07) is 27.6. The largest absolute Gasteiger partial charge is 0.378 e. The van der Waals surface area contributed by atoms with Gasteiger partial charge in [-0.15, -0.1) is 0 Å². The zero-order valence-corrected chi connectivity index (χ0v) is 21.0. The Morgan fingerprint density at radius 3 is 2.68 bits per heavy atom. The number of fused-ring (bicyclic) bond motifs is 3. The molecule has 2 aliphatic rings. The lowest BCUT2D eigenvalue weighted by molar-refractivity contribution is 0.606. The van der Waals surface area contributed by atoms with E-state index in [2.05, 4.69) is 126 Å². The number of aromatic amines is 1. The van der Waals surface area contributed by atoms with Crippen molar-refractivity contribution in [2.75, 3.05) is 5.32 Å². The predicted octanol–water partition coefficient (Wildman–Crippen LogP) is 5.56. The molecule has 37 heavy (non-hydrogen) atoms. The molecule has 184 valence electrons. The molecule has 4 heteroatoms. The molecule has 0 aliphatic heterocycles. The zero-order valence-electron chi connectivity index (χ0n) is 21.0. The summed E-state index contributed by atoms with van der Waals surface area (Å²) in [6.45, 7) is 2.18. The number of aliphatic imine (C=N–C) groups is 1. The summed E-state index contributed by atoms with van der Waals surface area (Å²) in [7, 11) is 0. The number of nitrogens with two attached hydrogens (primary N) is 1. The van der Waals surface area contributed by atoms with Crippen molar-refractivity contribution in [3.63, 3.8) is 0 Å². The molecule has 4 N–H and O–H groups in total. The summed E-state index contributed by atoms with van der Waals surface area (Å²) >= 11 is 0. The van der Waals surface area contributed by atoms with Gasteiger partial charge in [-0.3, -0.25) is 4.99 Å². The molecule has 1 heterocycles. The van der Waals surface area contributed by atoms with Crippen LogP contribution < -0.4 is 21.6 Å². The number of benzene rings is 3. The van der Waals surface area contributed by atoms with E-state index in [0.29, 0.717) is 0 Å². The fourth-order valence-corrected chi connectivity index (χ4v) is 5.35. The van der Waals surface area contributed by atoms with Gasteiger partial charge in [0.1, 0.15) is 6.17 Å². The van der Waals surface area contributed by atoms with Crippen molar-refractivity contribution in [2.24, 2.45) is 16.1 Å². The van der Waals surface area contributed by atoms with Crippen molar-refractivity contribution in [1.29, 1.82) is 0 Å². The van der Waals surface area contributed by atoms with E-state index < -0.39 is 6.17 Å². The Morgan fingerprint density at radius 2 is 1.84 bits per heavy atom. The molecule has 3 aromatic carbocycles. The minimum atomic E-state index is -0.412. The van der Waals surface area contributed by atoms with Crippen molar-refractivity contribution >= 4 is 35.0 Å². The fourth-order valence-electron chi connectivity index (χ4n) is 5.35. The molecule has 0 bridgehead atoms. The molecule has 2 aliphatic carbocycles. The zero-order chi connectivity index (χ0) is 25.2. The number of nitrogens with one attached hydrogen (secondary N) is 2. The minimum Gasteiger partial charge on any atom is -0.378 e. The average Bonchev–Trinajstić information content (AvgIpc) is 3.30. The number of hydrogen-bond acceptors (Lipinski definition) is 3. The lowest BCUT2D eigenvalue weighted by atomic mass is 9.85. The van der Waals surface area contributed by atoms with Crippen LogP contribution in [0, 0.1) is 5.41 Å². The molecule has 0 amide bonds. The van der Waals surface area contributed by atoms with Gasteiger partial charge in [-0.1, -0.05) is 98.0 Å². The minimum absolute atomic E-state index is 0.0796. The Kier molecular flexibility index (Phi) is 6.11. The third-order valence-electron chi connectivity index (χ3n) is 7.41. The number of para-hydroxylation sites is 1. The molecule has 0 fully saturated rings. The number of H-pyrrole nitrogens is 1. The van der Waals surface area contributed by atoms with Crippen LogP contribution >= 0.6 is 0 Å². The van der Waals surface area contributed by atoms with Crippen LogP contribution in [-0.4, -0.2) is 17.2 Å². The monoisotopic (exact) mass is 484 g/mol. The van der Waals surface area contributed by atoms with E-state index >= 15 is 0 Å². The highest BCUT2D eigenvalue weighted by atomic mass is 14.9. The number of aromatic nitrogens is 1. The molecule has 4 unspecified atom stereocenters. The number of anilines is 1. The Hall–Kier alpha value is -4.15. The maximum absolute atomic E-state index is 6.51. The van der Waals surface area contributed by atoms with Crippen LogP contribution in [-0.2, 0) is 0 Å². The van der Waals surface area contributed by atoms with E-state index in [9.17, 15) is 0 Å². The van der Waals surface area contributed by atoms with E-state index in [1.165, 1.54) is 16.2 Å². The molecular formula is C33H32N4. The quantitative estimate of drug-likeness (QED) is 0.314. The molecule has 1 aromatic heterocycles. The first-order chi connectivity index (χ1) is 18.1. The van der Waals surface area contributed by atoms with Gasteiger partial charge in [-0.2, -0.15) is 0 Å². The van der Waals surface area contributed by atoms with Gasteiger partial charge in [0.2, 0.25) is 0 Å². The molecule has 6 rings (SSSR count). The van der Waals surface area contributed by atoms with Gasteiger partial charge in [0, 0.05) is 44.7 Å². The second kappa shape index (κ2) is 9.72. The van der Waals surface area contributed by atoms with Gasteiger partial charge in [0.25, 0.3) is 0 Å². The van der Waals surface area contributed by atoms with Crippen molar-refractivity contribution in [3.8, 4) is 0 Å². The lowest BCUT2D eigenvalue weighted by Gasteiger charge is -2.27. The third kappa shape index (κ3) is 4.81. The van der Waals surface area contributed by atoms with Crippen molar-refractivity contribution in [3.05, 3.63) is 125 Å². The summed E-state index contributed by atoms with van der Waals surface area (Å²) in [5.74, 6) is 0.189. The molecule has 0 spiro atoms. The topological polar surface area (TPSA) is 66.2 Å². The number of hydrogen-bond donors (Lipinski definition) is 3. The molecule has 4 aromatic rings. The molecular weight excluding hydrogens is 452 g/mol. The lowest BCUT2D eigenvalue weighted by Crippen LogP contribution is -2.37. The second-order valence-electron chi connectivity index (χ2n) is 10.3. The third-order valence-corrected chi connectivity index (χ3v) is 7.41. The first-order valence-electron chi connectivity index (χ1n) is 12.9. The smallest absolute Gasteiger partial charge is 0.122 e. The summed E-state index contributed by atoms with van der Waals surface area (Å²) in [5, 5.41) is 7.48. The van der Waals surface area contributed by atoms with Crippen LogP contribution in [0.1, 0.15) is 36.6 Å². The van der Waals surface area contributed by atoms with E-state index in [-0.39, 0.29) is 17.4 Å². The molecule has 0 radical (unpaired) electrons. The van der Waals surface area contributed by atoms with E-state index in [4.69, 9.17) is 10.7 Å². The molecule has 0 saturated carbocycles. The maximum Gasteiger partial charge on any atom is 0.122 e. The molecule has 4 atom stereocenters. The summed E-state index contributed by atoms with van der Waals surface area (Å²) < 4.78 is 0. The van der Waals surface area contributed by atoms with Crippen LogP contribution in [0.5, 0.6) is 0 Å². The fraction of sp³-hybridized carbons (Fsp3) is 0.182. The van der Waals surface area contributed by atoms with Gasteiger partial charge in [0.05, 0.1) is 6.04 Å². The Bertz CT molecular complexity index is 1630. The number of allylic oxidation sites excluding steroid dienone is 4. The van der Waals surface area contributed by atoms with Crippen LogP contribution in [0.2, 0.25) is 0 Å². The maximum atomic E-state index is 6.51. The van der Waals surface area contributed by atoms with E-state index in [1.807, 2.05) is 12.3 Å². The standard InChI is InChI=1S/C33H32N4/c1-33(17-8-3-9-18-33)22-35-32(34)24-13-10-14-25(19-24)36-30-21-31-28(26-15-6-7-16-29(26)37-31)20-27(30)23-11-4-2-5-12-23/h2-17,19-22,27,30,32,36-37H,18,34H2,1H3/b35-22+. The van der Waals surface area contributed by atoms with Gasteiger partial charge in [-0.25, -0.2) is 0 Å². The normalized spacial score (nSPS) is 23.4. The van der Waals surface area contributed by atoms with Crippen LogP contribution in [0.4, 0.5) is 5.69 Å². The van der Waals surface area contributed by atoms with Crippen LogP contribution in [0.3, 0.4) is 0 Å². The highest BCUT2D eigenvalue weighted by Crippen LogP contribution is 2.29. The van der Waals surface area contributed by atoms with Crippen LogP contribution in [0.25, 0.3) is 23.1 Å². The van der Waals surface area contributed by atoms with E-state index in [1.54, 1.807) is 0 Å².